The van der Waals surface area contributed by atoms with Crippen molar-refractivity contribution in [1.82, 2.24) is 4.90 Å². The van der Waals surface area contributed by atoms with Crippen molar-refractivity contribution in [3.8, 4) is 5.75 Å². The number of halogens is 1. The van der Waals surface area contributed by atoms with E-state index in [1.807, 2.05) is 25.1 Å². The van der Waals surface area contributed by atoms with Gasteiger partial charge in [-0.1, -0.05) is 24.3 Å². The summed E-state index contributed by atoms with van der Waals surface area (Å²) in [6, 6.07) is 15.3. The van der Waals surface area contributed by atoms with Crippen LogP contribution in [-0.2, 0) is 6.54 Å². The van der Waals surface area contributed by atoms with Gasteiger partial charge in [0, 0.05) is 25.7 Å². The number of piperidine rings is 1. The Balaban J connectivity index is 1.68. The van der Waals surface area contributed by atoms with Gasteiger partial charge in [-0.05, 0) is 54.7 Å². The molecule has 128 valence electrons. The molecule has 0 aromatic heterocycles. The number of nitrogens with zero attached hydrogens (tertiary/aromatic N) is 1. The lowest BCUT2D eigenvalue weighted by Crippen LogP contribution is -2.45. The zero-order valence-electron chi connectivity index (χ0n) is 14.1. The van der Waals surface area contributed by atoms with Crippen molar-refractivity contribution in [1.29, 1.82) is 0 Å². The summed E-state index contributed by atoms with van der Waals surface area (Å²) in [7, 11) is 0. The molecule has 2 atom stereocenters. The van der Waals surface area contributed by atoms with Gasteiger partial charge in [0.05, 0.1) is 6.61 Å². The Kier molecular flexibility index (Phi) is 5.48. The fourth-order valence-electron chi connectivity index (χ4n) is 3.50. The summed E-state index contributed by atoms with van der Waals surface area (Å²) in [5.74, 6) is 1.12. The molecular formula is C20H25FN2O. The Morgan fingerprint density at radius 2 is 1.96 bits per heavy atom. The highest BCUT2D eigenvalue weighted by Crippen LogP contribution is 2.28. The fraction of sp³-hybridized carbons (Fsp3) is 0.400. The van der Waals surface area contributed by atoms with E-state index in [0.29, 0.717) is 12.5 Å². The molecule has 4 heteroatoms. The van der Waals surface area contributed by atoms with Crippen LogP contribution in [0.15, 0.2) is 48.5 Å². The third-order valence-corrected chi connectivity index (χ3v) is 4.52. The largest absolute Gasteiger partial charge is 0.494 e. The lowest BCUT2D eigenvalue weighted by molar-refractivity contribution is 0.181. The molecule has 0 spiro atoms. The van der Waals surface area contributed by atoms with E-state index in [9.17, 15) is 4.39 Å². The van der Waals surface area contributed by atoms with E-state index in [1.165, 1.54) is 11.6 Å². The SMILES string of the molecule is CCOc1ccc(C2CC(N)CN(Cc3cccc(F)c3)C2)cc1. The van der Waals surface area contributed by atoms with E-state index in [1.54, 1.807) is 12.1 Å². The Hall–Kier alpha value is -1.91. The topological polar surface area (TPSA) is 38.5 Å². The zero-order valence-corrected chi connectivity index (χ0v) is 14.1. The molecule has 0 radical (unpaired) electrons. The van der Waals surface area contributed by atoms with Crippen LogP contribution in [-0.4, -0.2) is 30.6 Å². The lowest BCUT2D eigenvalue weighted by Gasteiger charge is -2.36. The number of ether oxygens (including phenoxy) is 1. The Labute approximate surface area is 143 Å². The van der Waals surface area contributed by atoms with Crippen LogP contribution in [0.5, 0.6) is 5.75 Å². The molecule has 0 amide bonds. The summed E-state index contributed by atoms with van der Waals surface area (Å²) in [5, 5.41) is 0. The smallest absolute Gasteiger partial charge is 0.123 e. The molecule has 2 unspecified atom stereocenters. The predicted molar refractivity (Wildman–Crippen MR) is 94.6 cm³/mol. The van der Waals surface area contributed by atoms with Gasteiger partial charge >= 0.3 is 0 Å². The maximum Gasteiger partial charge on any atom is 0.123 e. The number of hydrogen-bond donors (Lipinski definition) is 1. The summed E-state index contributed by atoms with van der Waals surface area (Å²) in [6.07, 6.45) is 0.980. The number of rotatable bonds is 5. The number of hydrogen-bond acceptors (Lipinski definition) is 3. The monoisotopic (exact) mass is 328 g/mol. The van der Waals surface area contributed by atoms with Crippen molar-refractivity contribution < 1.29 is 9.13 Å². The number of nitrogens with two attached hydrogens (primary N) is 1. The maximum absolute atomic E-state index is 13.4. The fourth-order valence-corrected chi connectivity index (χ4v) is 3.50. The Bertz CT molecular complexity index is 659. The third kappa shape index (κ3) is 4.34. The van der Waals surface area contributed by atoms with Crippen molar-refractivity contribution in [3.63, 3.8) is 0 Å². The Morgan fingerprint density at radius 3 is 2.67 bits per heavy atom. The van der Waals surface area contributed by atoms with Crippen LogP contribution in [0.2, 0.25) is 0 Å². The van der Waals surface area contributed by atoms with E-state index < -0.39 is 0 Å². The normalized spacial score (nSPS) is 21.6. The molecule has 2 aromatic rings. The molecule has 24 heavy (non-hydrogen) atoms. The van der Waals surface area contributed by atoms with Crippen LogP contribution in [0.25, 0.3) is 0 Å². The van der Waals surface area contributed by atoms with Gasteiger partial charge in [0.2, 0.25) is 0 Å². The van der Waals surface area contributed by atoms with Gasteiger partial charge in [0.25, 0.3) is 0 Å². The molecule has 0 bridgehead atoms. The lowest BCUT2D eigenvalue weighted by atomic mass is 9.88. The van der Waals surface area contributed by atoms with Crippen molar-refractivity contribution in [2.24, 2.45) is 5.73 Å². The van der Waals surface area contributed by atoms with E-state index in [-0.39, 0.29) is 11.9 Å². The van der Waals surface area contributed by atoms with Crippen LogP contribution in [0, 0.1) is 5.82 Å². The maximum atomic E-state index is 13.4. The highest BCUT2D eigenvalue weighted by molar-refractivity contribution is 5.30. The molecule has 3 nitrogen and oxygen atoms in total. The van der Waals surface area contributed by atoms with Gasteiger partial charge in [-0.2, -0.15) is 0 Å². The molecule has 0 saturated carbocycles. The van der Waals surface area contributed by atoms with Crippen LogP contribution in [0.4, 0.5) is 4.39 Å². The average molecular weight is 328 g/mol. The molecule has 2 aromatic carbocycles. The molecule has 0 aliphatic carbocycles. The van der Waals surface area contributed by atoms with E-state index in [4.69, 9.17) is 10.5 Å². The molecule has 1 fully saturated rings. The summed E-state index contributed by atoms with van der Waals surface area (Å²) in [4.78, 5) is 2.32. The highest BCUT2D eigenvalue weighted by Gasteiger charge is 2.26. The second kappa shape index (κ2) is 7.77. The molecule has 1 aliphatic heterocycles. The highest BCUT2D eigenvalue weighted by atomic mass is 19.1. The van der Waals surface area contributed by atoms with Gasteiger partial charge in [-0.15, -0.1) is 0 Å². The number of likely N-dealkylation sites (tertiary alicyclic amines) is 1. The van der Waals surface area contributed by atoms with Crippen LogP contribution in [0.1, 0.15) is 30.4 Å². The quantitative estimate of drug-likeness (QED) is 0.912. The summed E-state index contributed by atoms with van der Waals surface area (Å²) < 4.78 is 18.9. The molecule has 1 saturated heterocycles. The molecule has 1 aliphatic rings. The minimum atomic E-state index is -0.183. The van der Waals surface area contributed by atoms with E-state index in [2.05, 4.69) is 17.0 Å². The molecule has 2 N–H and O–H groups in total. The minimum absolute atomic E-state index is 0.142. The second-order valence-electron chi connectivity index (χ2n) is 6.52. The van der Waals surface area contributed by atoms with Crippen LogP contribution >= 0.6 is 0 Å². The van der Waals surface area contributed by atoms with Crippen molar-refractivity contribution in [2.45, 2.75) is 31.8 Å². The van der Waals surface area contributed by atoms with Crippen molar-refractivity contribution in [2.75, 3.05) is 19.7 Å². The minimum Gasteiger partial charge on any atom is -0.494 e. The Morgan fingerprint density at radius 1 is 1.17 bits per heavy atom. The first-order valence-corrected chi connectivity index (χ1v) is 8.59. The average Bonchev–Trinajstić information content (AvgIpc) is 2.55. The van der Waals surface area contributed by atoms with Crippen LogP contribution < -0.4 is 10.5 Å². The van der Waals surface area contributed by atoms with Gasteiger partial charge in [-0.3, -0.25) is 4.90 Å². The predicted octanol–water partition coefficient (Wildman–Crippen LogP) is 3.54. The first-order chi connectivity index (χ1) is 11.6. The van der Waals surface area contributed by atoms with E-state index in [0.717, 1.165) is 37.4 Å². The second-order valence-corrected chi connectivity index (χ2v) is 6.52. The first kappa shape index (κ1) is 16.9. The summed E-state index contributed by atoms with van der Waals surface area (Å²) in [6.45, 7) is 5.19. The first-order valence-electron chi connectivity index (χ1n) is 8.59. The standard InChI is InChI=1S/C20H25FN2O/c1-2-24-20-8-6-16(7-9-20)17-11-19(22)14-23(13-17)12-15-4-3-5-18(21)10-15/h3-10,17,19H,2,11-14,22H2,1H3. The molecular weight excluding hydrogens is 303 g/mol. The van der Waals surface area contributed by atoms with Gasteiger partial charge < -0.3 is 10.5 Å². The number of benzene rings is 2. The molecule has 3 rings (SSSR count). The van der Waals surface area contributed by atoms with E-state index >= 15 is 0 Å². The van der Waals surface area contributed by atoms with Crippen molar-refractivity contribution >= 4 is 0 Å². The zero-order chi connectivity index (χ0) is 16.9. The van der Waals surface area contributed by atoms with Gasteiger partial charge in [-0.25, -0.2) is 4.39 Å². The third-order valence-electron chi connectivity index (χ3n) is 4.52. The summed E-state index contributed by atoms with van der Waals surface area (Å²) >= 11 is 0. The van der Waals surface area contributed by atoms with Crippen molar-refractivity contribution in [3.05, 3.63) is 65.5 Å². The summed E-state index contributed by atoms with van der Waals surface area (Å²) in [5.41, 5.74) is 8.56. The van der Waals surface area contributed by atoms with Gasteiger partial charge in [0.1, 0.15) is 11.6 Å². The van der Waals surface area contributed by atoms with Gasteiger partial charge in [0.15, 0.2) is 0 Å². The van der Waals surface area contributed by atoms with Crippen LogP contribution in [0.3, 0.4) is 0 Å². The molecule has 1 heterocycles.